The van der Waals surface area contributed by atoms with E-state index >= 15 is 0 Å². The van der Waals surface area contributed by atoms with Crippen LogP contribution in [-0.2, 0) is 14.3 Å². The van der Waals surface area contributed by atoms with Crippen LogP contribution in [0.1, 0.15) is 25.3 Å². The lowest BCUT2D eigenvalue weighted by Gasteiger charge is -2.13. The average molecular weight is 265 g/mol. The van der Waals surface area contributed by atoms with Crippen molar-refractivity contribution in [3.8, 4) is 0 Å². The number of hydrogen-bond donors (Lipinski definition) is 1. The van der Waals surface area contributed by atoms with Gasteiger partial charge in [-0.1, -0.05) is 6.07 Å². The number of nitrogens with one attached hydrogen (secondary N) is 1. The highest BCUT2D eigenvalue weighted by Gasteiger charge is 2.33. The minimum atomic E-state index is -0.877. The summed E-state index contributed by atoms with van der Waals surface area (Å²) in [4.78, 5) is 23.2. The number of anilines is 1. The number of amides is 1. The summed E-state index contributed by atoms with van der Waals surface area (Å²) in [7, 11) is 0. The first kappa shape index (κ1) is 13.5. The van der Waals surface area contributed by atoms with Gasteiger partial charge >= 0.3 is 5.97 Å². The zero-order valence-corrected chi connectivity index (χ0v) is 10.9. The van der Waals surface area contributed by atoms with Crippen LogP contribution in [0.2, 0.25) is 0 Å². The molecule has 1 aromatic rings. The van der Waals surface area contributed by atoms with Crippen molar-refractivity contribution in [2.75, 3.05) is 5.32 Å². The van der Waals surface area contributed by atoms with Gasteiger partial charge < -0.3 is 10.1 Å². The second kappa shape index (κ2) is 5.38. The number of rotatable bonds is 4. The molecule has 4 nitrogen and oxygen atoms in total. The van der Waals surface area contributed by atoms with Gasteiger partial charge in [-0.3, -0.25) is 9.59 Å². The molecule has 1 aromatic carbocycles. The van der Waals surface area contributed by atoms with Gasteiger partial charge in [-0.15, -0.1) is 0 Å². The number of halogens is 1. The first-order valence-corrected chi connectivity index (χ1v) is 6.25. The molecule has 5 heteroatoms. The molecule has 0 saturated heterocycles. The fraction of sp³-hybridized carbons (Fsp3) is 0.429. The Labute approximate surface area is 110 Å². The highest BCUT2D eigenvalue weighted by Crippen LogP contribution is 2.30. The molecule has 1 N–H and O–H groups in total. The molecule has 102 valence electrons. The average Bonchev–Trinajstić information content (AvgIpc) is 3.17. The van der Waals surface area contributed by atoms with Gasteiger partial charge in [-0.2, -0.15) is 0 Å². The van der Waals surface area contributed by atoms with Crippen LogP contribution in [0.25, 0.3) is 0 Å². The monoisotopic (exact) mass is 265 g/mol. The fourth-order valence-corrected chi connectivity index (χ4v) is 1.56. The third-order valence-corrected chi connectivity index (χ3v) is 3.01. The maximum Gasteiger partial charge on any atom is 0.309 e. The number of esters is 1. The van der Waals surface area contributed by atoms with E-state index in [-0.39, 0.29) is 17.7 Å². The van der Waals surface area contributed by atoms with E-state index in [1.165, 1.54) is 13.0 Å². The predicted molar refractivity (Wildman–Crippen MR) is 68.0 cm³/mol. The van der Waals surface area contributed by atoms with Crippen LogP contribution < -0.4 is 5.32 Å². The summed E-state index contributed by atoms with van der Waals surface area (Å²) in [6, 6.07) is 4.42. The minimum absolute atomic E-state index is 0.0490. The first-order chi connectivity index (χ1) is 8.97. The summed E-state index contributed by atoms with van der Waals surface area (Å²) in [5, 5.41) is 2.52. The van der Waals surface area contributed by atoms with Crippen molar-refractivity contribution < 1.29 is 18.7 Å². The lowest BCUT2D eigenvalue weighted by molar-refractivity contribution is -0.154. The van der Waals surface area contributed by atoms with E-state index in [1.807, 2.05) is 0 Å². The van der Waals surface area contributed by atoms with Crippen LogP contribution in [0.3, 0.4) is 0 Å². The van der Waals surface area contributed by atoms with Gasteiger partial charge in [0.25, 0.3) is 5.91 Å². The summed E-state index contributed by atoms with van der Waals surface area (Å²) in [6.45, 7) is 3.14. The molecular weight excluding hydrogens is 249 g/mol. The molecule has 2 rings (SSSR count). The van der Waals surface area contributed by atoms with Crippen LogP contribution in [0.15, 0.2) is 18.2 Å². The molecule has 0 aromatic heterocycles. The van der Waals surface area contributed by atoms with Crippen LogP contribution in [0.4, 0.5) is 10.1 Å². The normalized spacial score (nSPS) is 15.7. The van der Waals surface area contributed by atoms with E-state index < -0.39 is 12.0 Å². The van der Waals surface area contributed by atoms with E-state index in [0.29, 0.717) is 11.3 Å². The molecule has 1 atom stereocenters. The lowest BCUT2D eigenvalue weighted by Crippen LogP contribution is -2.30. The SMILES string of the molecule is Cc1ccc(NC(=O)C(C)OC(=O)C2CC2)cc1F. The summed E-state index contributed by atoms with van der Waals surface area (Å²) < 4.78 is 18.3. The third-order valence-electron chi connectivity index (χ3n) is 3.01. The van der Waals surface area contributed by atoms with E-state index in [1.54, 1.807) is 19.1 Å². The van der Waals surface area contributed by atoms with Gasteiger partial charge in [-0.25, -0.2) is 4.39 Å². The Hall–Kier alpha value is -1.91. The van der Waals surface area contributed by atoms with Crippen molar-refractivity contribution >= 4 is 17.6 Å². The molecule has 0 radical (unpaired) electrons. The summed E-state index contributed by atoms with van der Waals surface area (Å²) in [5.74, 6) is -1.23. The number of ether oxygens (including phenoxy) is 1. The maximum absolute atomic E-state index is 13.3. The van der Waals surface area contributed by atoms with Crippen molar-refractivity contribution in [1.82, 2.24) is 0 Å². The van der Waals surface area contributed by atoms with Crippen molar-refractivity contribution in [3.63, 3.8) is 0 Å². The van der Waals surface area contributed by atoms with Crippen molar-refractivity contribution in [3.05, 3.63) is 29.6 Å². The molecule has 0 spiro atoms. The van der Waals surface area contributed by atoms with Crippen molar-refractivity contribution in [2.24, 2.45) is 5.92 Å². The minimum Gasteiger partial charge on any atom is -0.452 e. The molecule has 1 saturated carbocycles. The van der Waals surface area contributed by atoms with Crippen LogP contribution in [0.5, 0.6) is 0 Å². The number of benzene rings is 1. The number of hydrogen-bond acceptors (Lipinski definition) is 3. The Kier molecular flexibility index (Phi) is 3.83. The fourth-order valence-electron chi connectivity index (χ4n) is 1.56. The molecule has 0 aliphatic heterocycles. The van der Waals surface area contributed by atoms with E-state index in [0.717, 1.165) is 12.8 Å². The number of carbonyl (C=O) groups excluding carboxylic acids is 2. The Morgan fingerprint density at radius 3 is 2.68 bits per heavy atom. The Bertz CT molecular complexity index is 511. The second-order valence-corrected chi connectivity index (χ2v) is 4.81. The molecule has 0 heterocycles. The largest absolute Gasteiger partial charge is 0.452 e. The summed E-state index contributed by atoms with van der Waals surface area (Å²) in [6.07, 6.45) is 0.782. The molecule has 19 heavy (non-hydrogen) atoms. The van der Waals surface area contributed by atoms with Crippen LogP contribution in [0, 0.1) is 18.7 Å². The van der Waals surface area contributed by atoms with Crippen LogP contribution >= 0.6 is 0 Å². The van der Waals surface area contributed by atoms with Gasteiger partial charge in [-0.05, 0) is 44.4 Å². The zero-order chi connectivity index (χ0) is 14.0. The lowest BCUT2D eigenvalue weighted by atomic mass is 10.2. The number of aryl methyl sites for hydroxylation is 1. The van der Waals surface area contributed by atoms with Gasteiger partial charge in [0.05, 0.1) is 5.92 Å². The molecule has 1 fully saturated rings. The quantitative estimate of drug-likeness (QED) is 0.850. The summed E-state index contributed by atoms with van der Waals surface area (Å²) >= 11 is 0. The predicted octanol–water partition coefficient (Wildman–Crippen LogP) is 2.41. The smallest absolute Gasteiger partial charge is 0.309 e. The molecule has 1 unspecified atom stereocenters. The standard InChI is InChI=1S/C14H16FNO3/c1-8-3-6-11(7-12(8)15)16-13(17)9(2)19-14(18)10-4-5-10/h3,6-7,9-10H,4-5H2,1-2H3,(H,16,17). The van der Waals surface area contributed by atoms with Crippen LogP contribution in [-0.4, -0.2) is 18.0 Å². The number of carbonyl (C=O) groups is 2. The van der Waals surface area contributed by atoms with E-state index in [2.05, 4.69) is 5.32 Å². The second-order valence-electron chi connectivity index (χ2n) is 4.81. The Morgan fingerprint density at radius 2 is 2.11 bits per heavy atom. The Balaban J connectivity index is 1.91. The van der Waals surface area contributed by atoms with E-state index in [4.69, 9.17) is 4.74 Å². The molecule has 1 aliphatic carbocycles. The Morgan fingerprint density at radius 1 is 1.42 bits per heavy atom. The zero-order valence-electron chi connectivity index (χ0n) is 10.9. The molecule has 1 aliphatic rings. The van der Waals surface area contributed by atoms with Crippen molar-refractivity contribution in [1.29, 1.82) is 0 Å². The topological polar surface area (TPSA) is 55.4 Å². The van der Waals surface area contributed by atoms with Gasteiger partial charge in [0.2, 0.25) is 0 Å². The highest BCUT2D eigenvalue weighted by atomic mass is 19.1. The van der Waals surface area contributed by atoms with Gasteiger partial charge in [0.15, 0.2) is 6.10 Å². The van der Waals surface area contributed by atoms with Gasteiger partial charge in [0.1, 0.15) is 5.82 Å². The van der Waals surface area contributed by atoms with E-state index in [9.17, 15) is 14.0 Å². The first-order valence-electron chi connectivity index (χ1n) is 6.25. The third kappa shape index (κ3) is 3.53. The highest BCUT2D eigenvalue weighted by molar-refractivity contribution is 5.95. The molecule has 0 bridgehead atoms. The maximum atomic E-state index is 13.3. The summed E-state index contributed by atoms with van der Waals surface area (Å²) in [5.41, 5.74) is 0.855. The van der Waals surface area contributed by atoms with Crippen molar-refractivity contribution in [2.45, 2.75) is 32.8 Å². The molecule has 1 amide bonds. The van der Waals surface area contributed by atoms with Gasteiger partial charge in [0, 0.05) is 5.69 Å². The molecular formula is C14H16FNO3.